The molecule has 0 saturated heterocycles. The van der Waals surface area contributed by atoms with Crippen LogP contribution in [-0.4, -0.2) is 19.2 Å². The second-order valence-corrected chi connectivity index (χ2v) is 3.75. The van der Waals surface area contributed by atoms with Crippen molar-refractivity contribution in [3.05, 3.63) is 29.6 Å². The van der Waals surface area contributed by atoms with Crippen LogP contribution in [-0.2, 0) is 11.3 Å². The van der Waals surface area contributed by atoms with Gasteiger partial charge in [0.05, 0.1) is 12.6 Å². The Morgan fingerprint density at radius 3 is 3.07 bits per heavy atom. The van der Waals surface area contributed by atoms with Crippen LogP contribution in [0.1, 0.15) is 12.5 Å². The lowest BCUT2D eigenvalue weighted by atomic mass is 10.1. The van der Waals surface area contributed by atoms with Crippen molar-refractivity contribution in [2.45, 2.75) is 19.4 Å². The van der Waals surface area contributed by atoms with E-state index in [1.807, 2.05) is 6.07 Å². The summed E-state index contributed by atoms with van der Waals surface area (Å²) in [6, 6.07) is 5.14. The van der Waals surface area contributed by atoms with E-state index in [2.05, 4.69) is 16.7 Å². The van der Waals surface area contributed by atoms with Gasteiger partial charge in [-0.1, -0.05) is 0 Å². The van der Waals surface area contributed by atoms with Gasteiger partial charge in [-0.3, -0.25) is 0 Å². The number of anilines is 1. The third-order valence-electron chi connectivity index (χ3n) is 2.88. The van der Waals surface area contributed by atoms with Crippen molar-refractivity contribution in [1.82, 2.24) is 0 Å². The number of rotatable bonds is 3. The molecule has 1 aliphatic rings. The number of hydrogen-bond acceptors (Lipinski definition) is 3. The molecule has 15 heavy (non-hydrogen) atoms. The van der Waals surface area contributed by atoms with Crippen LogP contribution >= 0.6 is 0 Å². The van der Waals surface area contributed by atoms with Gasteiger partial charge < -0.3 is 9.74 Å². The highest BCUT2D eigenvalue weighted by atomic mass is 19.1. The third-order valence-corrected chi connectivity index (χ3v) is 2.88. The first kappa shape index (κ1) is 10.4. The summed E-state index contributed by atoms with van der Waals surface area (Å²) in [6.07, 6.45) is 0.804. The standard InChI is InChI=1S/C11H15FN2O/c1-2-14-10(7-15-13)6-8-5-9(12)3-4-11(8)14/h3-5,10H,2,6-7,13H2,1H3. The molecule has 1 aromatic carbocycles. The van der Waals surface area contributed by atoms with E-state index >= 15 is 0 Å². The topological polar surface area (TPSA) is 38.5 Å². The Morgan fingerprint density at radius 2 is 2.40 bits per heavy atom. The van der Waals surface area contributed by atoms with E-state index in [-0.39, 0.29) is 11.9 Å². The quantitative estimate of drug-likeness (QED) is 0.768. The summed E-state index contributed by atoms with van der Waals surface area (Å²) in [5.74, 6) is 4.91. The van der Waals surface area contributed by atoms with Gasteiger partial charge in [-0.05, 0) is 37.1 Å². The van der Waals surface area contributed by atoms with Crippen LogP contribution in [0, 0.1) is 5.82 Å². The molecule has 2 N–H and O–H groups in total. The Kier molecular flexibility index (Phi) is 2.88. The number of benzene rings is 1. The van der Waals surface area contributed by atoms with E-state index in [1.165, 1.54) is 6.07 Å². The number of nitrogens with zero attached hydrogens (tertiary/aromatic N) is 1. The van der Waals surface area contributed by atoms with E-state index in [0.717, 1.165) is 24.2 Å². The maximum Gasteiger partial charge on any atom is 0.123 e. The van der Waals surface area contributed by atoms with Gasteiger partial charge in [0, 0.05) is 12.2 Å². The summed E-state index contributed by atoms with van der Waals surface area (Å²) in [6.45, 7) is 3.43. The van der Waals surface area contributed by atoms with Crippen molar-refractivity contribution in [2.24, 2.45) is 5.90 Å². The van der Waals surface area contributed by atoms with Gasteiger partial charge in [-0.15, -0.1) is 0 Å². The van der Waals surface area contributed by atoms with Crippen LogP contribution in [0.25, 0.3) is 0 Å². The predicted molar refractivity (Wildman–Crippen MR) is 57.1 cm³/mol. The van der Waals surface area contributed by atoms with E-state index in [9.17, 15) is 4.39 Å². The summed E-state index contributed by atoms with van der Waals surface area (Å²) in [5.41, 5.74) is 2.14. The van der Waals surface area contributed by atoms with E-state index in [0.29, 0.717) is 6.61 Å². The molecule has 82 valence electrons. The van der Waals surface area contributed by atoms with Crippen molar-refractivity contribution in [1.29, 1.82) is 0 Å². The lowest BCUT2D eigenvalue weighted by molar-refractivity contribution is 0.123. The van der Waals surface area contributed by atoms with Crippen LogP contribution in [0.4, 0.5) is 10.1 Å². The average Bonchev–Trinajstić information content (AvgIpc) is 2.54. The molecular formula is C11H15FN2O. The van der Waals surface area contributed by atoms with Crippen molar-refractivity contribution in [3.8, 4) is 0 Å². The lowest BCUT2D eigenvalue weighted by Crippen LogP contribution is -2.36. The summed E-state index contributed by atoms with van der Waals surface area (Å²) >= 11 is 0. The SMILES string of the molecule is CCN1c2ccc(F)cc2CC1CON. The molecule has 0 bridgehead atoms. The molecule has 4 heteroatoms. The minimum Gasteiger partial charge on any atom is -0.366 e. The first-order valence-corrected chi connectivity index (χ1v) is 5.13. The fourth-order valence-corrected chi connectivity index (χ4v) is 2.25. The predicted octanol–water partition coefficient (Wildman–Crippen LogP) is 1.47. The Morgan fingerprint density at radius 1 is 1.60 bits per heavy atom. The molecule has 1 heterocycles. The normalized spacial score (nSPS) is 19.4. The second kappa shape index (κ2) is 4.16. The summed E-state index contributed by atoms with van der Waals surface area (Å²) in [7, 11) is 0. The molecule has 0 aromatic heterocycles. The van der Waals surface area contributed by atoms with E-state index in [1.54, 1.807) is 6.07 Å². The van der Waals surface area contributed by atoms with Crippen molar-refractivity contribution in [3.63, 3.8) is 0 Å². The van der Waals surface area contributed by atoms with Gasteiger partial charge >= 0.3 is 0 Å². The first-order valence-electron chi connectivity index (χ1n) is 5.13. The van der Waals surface area contributed by atoms with Gasteiger partial charge in [0.1, 0.15) is 5.82 Å². The molecule has 0 aliphatic carbocycles. The minimum atomic E-state index is -0.181. The first-order chi connectivity index (χ1) is 7.26. The number of fused-ring (bicyclic) bond motifs is 1. The smallest absolute Gasteiger partial charge is 0.123 e. The monoisotopic (exact) mass is 210 g/mol. The van der Waals surface area contributed by atoms with Gasteiger partial charge in [-0.2, -0.15) is 0 Å². The zero-order valence-corrected chi connectivity index (χ0v) is 8.74. The van der Waals surface area contributed by atoms with Gasteiger partial charge in [0.15, 0.2) is 0 Å². The number of likely N-dealkylation sites (N-methyl/N-ethyl adjacent to an activating group) is 1. The number of nitrogens with two attached hydrogens (primary N) is 1. The van der Waals surface area contributed by atoms with Crippen molar-refractivity contribution in [2.75, 3.05) is 18.1 Å². The minimum absolute atomic E-state index is 0.181. The number of hydrogen-bond donors (Lipinski definition) is 1. The van der Waals surface area contributed by atoms with Gasteiger partial charge in [-0.25, -0.2) is 10.3 Å². The van der Waals surface area contributed by atoms with Crippen LogP contribution in [0.15, 0.2) is 18.2 Å². The zero-order chi connectivity index (χ0) is 10.8. The summed E-state index contributed by atoms with van der Waals surface area (Å²) in [4.78, 5) is 6.88. The van der Waals surface area contributed by atoms with Crippen LogP contribution in [0.3, 0.4) is 0 Å². The highest BCUT2D eigenvalue weighted by Gasteiger charge is 2.28. The fraction of sp³-hybridized carbons (Fsp3) is 0.455. The highest BCUT2D eigenvalue weighted by molar-refractivity contribution is 5.59. The molecule has 1 unspecified atom stereocenters. The molecule has 0 saturated carbocycles. The summed E-state index contributed by atoms with van der Waals surface area (Å²) < 4.78 is 13.0. The maximum atomic E-state index is 13.0. The molecule has 0 spiro atoms. The average molecular weight is 210 g/mol. The van der Waals surface area contributed by atoms with Crippen LogP contribution in [0.2, 0.25) is 0 Å². The molecule has 1 atom stereocenters. The molecule has 1 aromatic rings. The van der Waals surface area contributed by atoms with Gasteiger partial charge in [0.2, 0.25) is 0 Å². The lowest BCUT2D eigenvalue weighted by Gasteiger charge is -2.25. The molecule has 0 fully saturated rings. The molecular weight excluding hydrogens is 195 g/mol. The Hall–Kier alpha value is -1.13. The second-order valence-electron chi connectivity index (χ2n) is 3.75. The third kappa shape index (κ3) is 1.82. The molecule has 2 rings (SSSR count). The Balaban J connectivity index is 2.28. The van der Waals surface area contributed by atoms with Crippen molar-refractivity contribution < 1.29 is 9.23 Å². The van der Waals surface area contributed by atoms with Crippen molar-refractivity contribution >= 4 is 5.69 Å². The van der Waals surface area contributed by atoms with Crippen LogP contribution in [0.5, 0.6) is 0 Å². The largest absolute Gasteiger partial charge is 0.366 e. The molecule has 0 radical (unpaired) electrons. The van der Waals surface area contributed by atoms with Crippen LogP contribution < -0.4 is 10.8 Å². The summed E-state index contributed by atoms with van der Waals surface area (Å²) in [5, 5.41) is 0. The molecule has 1 aliphatic heterocycles. The zero-order valence-electron chi connectivity index (χ0n) is 8.74. The number of halogens is 1. The fourth-order valence-electron chi connectivity index (χ4n) is 2.25. The van der Waals surface area contributed by atoms with E-state index in [4.69, 9.17) is 5.90 Å². The van der Waals surface area contributed by atoms with E-state index < -0.39 is 0 Å². The van der Waals surface area contributed by atoms with Gasteiger partial charge in [0.25, 0.3) is 0 Å². The maximum absolute atomic E-state index is 13.0. The Bertz CT molecular complexity index is 356. The highest BCUT2D eigenvalue weighted by Crippen LogP contribution is 2.32. The molecule has 0 amide bonds. The molecule has 3 nitrogen and oxygen atoms in total. The Labute approximate surface area is 88.6 Å².